The zero-order chi connectivity index (χ0) is 15.5. The van der Waals surface area contributed by atoms with Crippen LogP contribution in [0.5, 0.6) is 0 Å². The third kappa shape index (κ3) is 2.98. The number of aromatic nitrogens is 3. The van der Waals surface area contributed by atoms with E-state index in [0.29, 0.717) is 12.2 Å². The molecule has 0 radical (unpaired) electrons. The molecule has 0 spiro atoms. The van der Waals surface area contributed by atoms with Gasteiger partial charge in [0.15, 0.2) is 5.82 Å². The van der Waals surface area contributed by atoms with Gasteiger partial charge in [-0.05, 0) is 30.7 Å². The molecular weight excluding hydrogens is 280 g/mol. The minimum Gasteiger partial charge on any atom is -0.364 e. The molecule has 0 bridgehead atoms. The Morgan fingerprint density at radius 2 is 2.09 bits per heavy atom. The Labute approximate surface area is 127 Å². The van der Waals surface area contributed by atoms with Gasteiger partial charge >= 0.3 is 6.03 Å². The second-order valence-corrected chi connectivity index (χ2v) is 4.93. The smallest absolute Gasteiger partial charge is 0.316 e. The standard InChI is InChI=1S/C15H16N6O/c1-10-8-13-14(17-6-7-21(13)20-10)18-9-11-2-4-12(5-3-11)19-15(16)22/h2-8H,9H2,1H3,(H,17,18)(H3,16,19,22). The summed E-state index contributed by atoms with van der Waals surface area (Å²) < 4.78 is 1.80. The highest BCUT2D eigenvalue weighted by molar-refractivity contribution is 5.87. The van der Waals surface area contributed by atoms with E-state index >= 15 is 0 Å². The van der Waals surface area contributed by atoms with E-state index in [9.17, 15) is 4.79 Å². The highest BCUT2D eigenvalue weighted by Gasteiger charge is 2.05. The number of carbonyl (C=O) groups excluding carboxylic acids is 1. The number of nitrogens with one attached hydrogen (secondary N) is 2. The number of carbonyl (C=O) groups is 1. The molecule has 0 fully saturated rings. The van der Waals surface area contributed by atoms with Crippen LogP contribution in [0.25, 0.3) is 5.52 Å². The third-order valence-electron chi connectivity index (χ3n) is 3.19. The highest BCUT2D eigenvalue weighted by Crippen LogP contribution is 2.16. The lowest BCUT2D eigenvalue weighted by Crippen LogP contribution is -2.19. The van der Waals surface area contributed by atoms with Gasteiger partial charge < -0.3 is 16.4 Å². The SMILES string of the molecule is Cc1cc2c(NCc3ccc(NC(N)=O)cc3)nccn2n1. The van der Waals surface area contributed by atoms with Gasteiger partial charge in [-0.3, -0.25) is 0 Å². The summed E-state index contributed by atoms with van der Waals surface area (Å²) in [6, 6.07) is 8.85. The Kier molecular flexibility index (Phi) is 3.61. The fourth-order valence-electron chi connectivity index (χ4n) is 2.21. The molecule has 1 aromatic carbocycles. The van der Waals surface area contributed by atoms with E-state index in [2.05, 4.69) is 20.7 Å². The van der Waals surface area contributed by atoms with E-state index in [0.717, 1.165) is 22.6 Å². The van der Waals surface area contributed by atoms with Gasteiger partial charge in [0.2, 0.25) is 0 Å². The molecule has 7 heteroatoms. The van der Waals surface area contributed by atoms with Gasteiger partial charge in [-0.25, -0.2) is 14.3 Å². The van der Waals surface area contributed by atoms with Crippen LogP contribution in [0, 0.1) is 6.92 Å². The Morgan fingerprint density at radius 1 is 1.32 bits per heavy atom. The molecule has 7 nitrogen and oxygen atoms in total. The lowest BCUT2D eigenvalue weighted by molar-refractivity contribution is 0.259. The molecule has 2 heterocycles. The van der Waals surface area contributed by atoms with Crippen LogP contribution in [0.3, 0.4) is 0 Å². The average Bonchev–Trinajstić information content (AvgIpc) is 2.86. The summed E-state index contributed by atoms with van der Waals surface area (Å²) in [5, 5.41) is 10.2. The first-order valence-electron chi connectivity index (χ1n) is 6.82. The lowest BCUT2D eigenvalue weighted by Gasteiger charge is -2.08. The van der Waals surface area contributed by atoms with E-state index in [1.54, 1.807) is 22.8 Å². The lowest BCUT2D eigenvalue weighted by atomic mass is 10.2. The van der Waals surface area contributed by atoms with Crippen LogP contribution >= 0.6 is 0 Å². The molecule has 0 saturated carbocycles. The predicted octanol–water partition coefficient (Wildman–Crippen LogP) is 2.14. The van der Waals surface area contributed by atoms with Crippen molar-refractivity contribution in [3.05, 3.63) is 54.0 Å². The Bertz CT molecular complexity index is 809. The van der Waals surface area contributed by atoms with Crippen molar-refractivity contribution in [2.24, 2.45) is 5.73 Å². The van der Waals surface area contributed by atoms with Crippen LogP contribution in [-0.2, 0) is 6.54 Å². The Balaban J connectivity index is 1.72. The molecule has 22 heavy (non-hydrogen) atoms. The molecule has 112 valence electrons. The van der Waals surface area contributed by atoms with Gasteiger partial charge in [-0.15, -0.1) is 0 Å². The van der Waals surface area contributed by atoms with E-state index in [4.69, 9.17) is 5.73 Å². The number of nitrogens with zero attached hydrogens (tertiary/aromatic N) is 3. The number of benzene rings is 1. The second kappa shape index (κ2) is 5.72. The summed E-state index contributed by atoms with van der Waals surface area (Å²) >= 11 is 0. The average molecular weight is 296 g/mol. The van der Waals surface area contributed by atoms with Gasteiger partial charge in [0.25, 0.3) is 0 Å². The molecule has 4 N–H and O–H groups in total. The van der Waals surface area contributed by atoms with E-state index in [1.807, 2.05) is 31.3 Å². The van der Waals surface area contributed by atoms with Crippen LogP contribution in [-0.4, -0.2) is 20.6 Å². The molecule has 0 unspecified atom stereocenters. The molecule has 3 aromatic rings. The molecule has 2 aromatic heterocycles. The topological polar surface area (TPSA) is 97.3 Å². The van der Waals surface area contributed by atoms with Gasteiger partial charge in [0, 0.05) is 24.6 Å². The maximum absolute atomic E-state index is 10.8. The fraction of sp³-hybridized carbons (Fsp3) is 0.133. The summed E-state index contributed by atoms with van der Waals surface area (Å²) in [4.78, 5) is 15.1. The zero-order valence-corrected chi connectivity index (χ0v) is 12.1. The monoisotopic (exact) mass is 296 g/mol. The van der Waals surface area contributed by atoms with Crippen molar-refractivity contribution in [2.45, 2.75) is 13.5 Å². The number of aryl methyl sites for hydroxylation is 1. The molecule has 0 aliphatic carbocycles. The minimum atomic E-state index is -0.571. The summed E-state index contributed by atoms with van der Waals surface area (Å²) in [6.07, 6.45) is 3.53. The number of primary amides is 1. The maximum atomic E-state index is 10.8. The molecule has 0 atom stereocenters. The summed E-state index contributed by atoms with van der Waals surface area (Å²) in [5.41, 5.74) is 8.69. The van der Waals surface area contributed by atoms with Crippen LogP contribution in [0.2, 0.25) is 0 Å². The number of rotatable bonds is 4. The Morgan fingerprint density at radius 3 is 2.82 bits per heavy atom. The van der Waals surface area contributed by atoms with Crippen molar-refractivity contribution in [3.63, 3.8) is 0 Å². The van der Waals surface area contributed by atoms with E-state index < -0.39 is 6.03 Å². The highest BCUT2D eigenvalue weighted by atomic mass is 16.2. The van der Waals surface area contributed by atoms with Crippen LogP contribution in [0.15, 0.2) is 42.7 Å². The fourth-order valence-corrected chi connectivity index (χ4v) is 2.21. The van der Waals surface area contributed by atoms with Crippen LogP contribution < -0.4 is 16.4 Å². The number of anilines is 2. The number of amides is 2. The van der Waals surface area contributed by atoms with Crippen molar-refractivity contribution in [1.29, 1.82) is 0 Å². The summed E-state index contributed by atoms with van der Waals surface area (Å²) in [7, 11) is 0. The first-order valence-corrected chi connectivity index (χ1v) is 6.82. The number of hydrogen-bond donors (Lipinski definition) is 3. The van der Waals surface area contributed by atoms with Crippen molar-refractivity contribution >= 4 is 23.1 Å². The summed E-state index contributed by atoms with van der Waals surface area (Å²) in [5.74, 6) is 0.780. The molecule has 3 rings (SSSR count). The van der Waals surface area contributed by atoms with E-state index in [-0.39, 0.29) is 0 Å². The number of nitrogens with two attached hydrogens (primary N) is 1. The van der Waals surface area contributed by atoms with Gasteiger partial charge in [0.1, 0.15) is 5.52 Å². The number of urea groups is 1. The van der Waals surface area contributed by atoms with Crippen molar-refractivity contribution in [1.82, 2.24) is 14.6 Å². The van der Waals surface area contributed by atoms with Crippen LogP contribution in [0.1, 0.15) is 11.3 Å². The molecule has 0 aliphatic rings. The summed E-state index contributed by atoms with van der Waals surface area (Å²) in [6.45, 7) is 2.56. The normalized spacial score (nSPS) is 10.6. The first-order chi connectivity index (χ1) is 10.6. The molecular formula is C15H16N6O. The second-order valence-electron chi connectivity index (χ2n) is 4.93. The number of fused-ring (bicyclic) bond motifs is 1. The van der Waals surface area contributed by atoms with Crippen molar-refractivity contribution in [2.75, 3.05) is 10.6 Å². The quantitative estimate of drug-likeness (QED) is 0.687. The Hall–Kier alpha value is -3.09. The van der Waals surface area contributed by atoms with Gasteiger partial charge in [-0.1, -0.05) is 12.1 Å². The predicted molar refractivity (Wildman–Crippen MR) is 84.7 cm³/mol. The van der Waals surface area contributed by atoms with Gasteiger partial charge in [0.05, 0.1) is 5.69 Å². The van der Waals surface area contributed by atoms with E-state index in [1.165, 1.54) is 0 Å². The molecule has 0 saturated heterocycles. The minimum absolute atomic E-state index is 0.571. The zero-order valence-electron chi connectivity index (χ0n) is 12.1. The first kappa shape index (κ1) is 13.9. The largest absolute Gasteiger partial charge is 0.364 e. The molecule has 2 amide bonds. The maximum Gasteiger partial charge on any atom is 0.316 e. The van der Waals surface area contributed by atoms with Gasteiger partial charge in [-0.2, -0.15) is 5.10 Å². The van der Waals surface area contributed by atoms with Crippen molar-refractivity contribution in [3.8, 4) is 0 Å². The van der Waals surface area contributed by atoms with Crippen molar-refractivity contribution < 1.29 is 4.79 Å². The molecule has 0 aliphatic heterocycles. The third-order valence-corrected chi connectivity index (χ3v) is 3.19. The van der Waals surface area contributed by atoms with Crippen LogP contribution in [0.4, 0.5) is 16.3 Å². The number of hydrogen-bond acceptors (Lipinski definition) is 4.